The number of fused-ring (bicyclic) bond motifs is 1. The van der Waals surface area contributed by atoms with Gasteiger partial charge in [-0.05, 0) is 48.0 Å². The number of carbonyl (C=O) groups is 1. The number of aromatic carboxylic acids is 1. The summed E-state index contributed by atoms with van der Waals surface area (Å²) in [5.41, 5.74) is 1.42. The van der Waals surface area contributed by atoms with Crippen molar-refractivity contribution in [1.29, 1.82) is 0 Å². The van der Waals surface area contributed by atoms with Gasteiger partial charge < -0.3 is 19.2 Å². The Hall–Kier alpha value is -3.92. The Bertz CT molecular complexity index is 1320. The van der Waals surface area contributed by atoms with E-state index >= 15 is 0 Å². The molecule has 7 nitrogen and oxygen atoms in total. The summed E-state index contributed by atoms with van der Waals surface area (Å²) in [5, 5.41) is 11.7. The summed E-state index contributed by atoms with van der Waals surface area (Å²) in [6, 6.07) is 13.0. The van der Waals surface area contributed by atoms with E-state index < -0.39 is 12.3 Å². The smallest absolute Gasteiger partial charge is 0.478 e. The van der Waals surface area contributed by atoms with Crippen LogP contribution in [0.3, 0.4) is 0 Å². The van der Waals surface area contributed by atoms with E-state index in [9.17, 15) is 18.0 Å². The molecule has 2 aromatic heterocycles. The summed E-state index contributed by atoms with van der Waals surface area (Å²) >= 11 is 6.31. The van der Waals surface area contributed by atoms with Crippen LogP contribution in [0, 0.1) is 0 Å². The Morgan fingerprint density at radius 3 is 2.35 bits per heavy atom. The van der Waals surface area contributed by atoms with Gasteiger partial charge in [0.15, 0.2) is 11.6 Å². The maximum Gasteiger partial charge on any atom is 0.573 e. The van der Waals surface area contributed by atoms with Crippen molar-refractivity contribution in [3.05, 3.63) is 83.1 Å². The number of aryl methyl sites for hydroxylation is 1. The second-order valence-electron chi connectivity index (χ2n) is 7.27. The van der Waals surface area contributed by atoms with E-state index in [2.05, 4.69) is 9.72 Å². The van der Waals surface area contributed by atoms with Crippen LogP contribution in [0.5, 0.6) is 11.5 Å². The molecule has 0 atom stereocenters. The highest BCUT2D eigenvalue weighted by molar-refractivity contribution is 6.35. The van der Waals surface area contributed by atoms with Crippen molar-refractivity contribution in [2.24, 2.45) is 7.05 Å². The number of pyridine rings is 1. The molecule has 0 unspecified atom stereocenters. The number of ether oxygens (including phenoxy) is 1. The van der Waals surface area contributed by atoms with Crippen molar-refractivity contribution in [2.45, 2.75) is 12.9 Å². The number of aromatic nitrogens is 2. The number of alkyl halides is 3. The number of hydroxylamine groups is 1. The van der Waals surface area contributed by atoms with Crippen LogP contribution in [0.25, 0.3) is 10.9 Å². The van der Waals surface area contributed by atoms with Gasteiger partial charge in [-0.25, -0.2) is 9.78 Å². The fourth-order valence-corrected chi connectivity index (χ4v) is 3.64. The molecule has 0 bridgehead atoms. The third kappa shape index (κ3) is 5.18. The van der Waals surface area contributed by atoms with Crippen molar-refractivity contribution in [2.75, 3.05) is 5.06 Å². The van der Waals surface area contributed by atoms with E-state index in [0.717, 1.165) is 5.52 Å². The van der Waals surface area contributed by atoms with E-state index in [1.165, 1.54) is 59.8 Å². The molecule has 0 aliphatic rings. The summed E-state index contributed by atoms with van der Waals surface area (Å²) in [4.78, 5) is 21.6. The molecule has 176 valence electrons. The standard InChI is InChI=1S/C23H17ClF3N3O4/c1-29-11-10-18-20(29)19(24)12-28-21(18)30(34-17-8-4-15(5-9-17)22(31)32)13-14-2-6-16(7-3-14)33-23(25,26)27/h2-12H,13H2,1H3,(H,31,32). The number of hydrogen-bond acceptors (Lipinski definition) is 5. The maximum absolute atomic E-state index is 12.5. The molecule has 0 radical (unpaired) electrons. The van der Waals surface area contributed by atoms with Gasteiger partial charge in [0.2, 0.25) is 0 Å². The van der Waals surface area contributed by atoms with Crippen LogP contribution in [-0.4, -0.2) is 27.0 Å². The third-order valence-corrected chi connectivity index (χ3v) is 5.15. The average molecular weight is 492 g/mol. The van der Waals surface area contributed by atoms with E-state index in [1.54, 1.807) is 0 Å². The van der Waals surface area contributed by atoms with Crippen LogP contribution in [0.2, 0.25) is 5.02 Å². The van der Waals surface area contributed by atoms with E-state index in [0.29, 0.717) is 27.5 Å². The number of anilines is 1. The second kappa shape index (κ2) is 9.14. The van der Waals surface area contributed by atoms with E-state index in [4.69, 9.17) is 21.5 Å². The van der Waals surface area contributed by atoms with E-state index in [-0.39, 0.29) is 17.9 Å². The lowest BCUT2D eigenvalue weighted by atomic mass is 10.2. The zero-order chi connectivity index (χ0) is 24.5. The normalized spacial score (nSPS) is 11.4. The summed E-state index contributed by atoms with van der Waals surface area (Å²) in [6.45, 7) is 0.103. The Kier molecular flexibility index (Phi) is 6.25. The van der Waals surface area contributed by atoms with Crippen LogP contribution < -0.4 is 14.6 Å². The van der Waals surface area contributed by atoms with Gasteiger partial charge in [0.1, 0.15) is 5.75 Å². The van der Waals surface area contributed by atoms with Crippen LogP contribution >= 0.6 is 11.6 Å². The van der Waals surface area contributed by atoms with Crippen LogP contribution in [0.4, 0.5) is 19.0 Å². The Morgan fingerprint density at radius 2 is 1.74 bits per heavy atom. The summed E-state index contributed by atoms with van der Waals surface area (Å²) < 4.78 is 43.2. The molecule has 4 aromatic rings. The molecular formula is C23H17ClF3N3O4. The van der Waals surface area contributed by atoms with Crippen molar-refractivity contribution in [3.63, 3.8) is 0 Å². The van der Waals surface area contributed by atoms with Crippen molar-refractivity contribution >= 4 is 34.3 Å². The highest BCUT2D eigenvalue weighted by atomic mass is 35.5. The van der Waals surface area contributed by atoms with Crippen molar-refractivity contribution in [3.8, 4) is 11.5 Å². The second-order valence-corrected chi connectivity index (χ2v) is 7.68. The minimum Gasteiger partial charge on any atom is -0.478 e. The molecule has 0 fully saturated rings. The van der Waals surface area contributed by atoms with Gasteiger partial charge >= 0.3 is 12.3 Å². The van der Waals surface area contributed by atoms with Gasteiger partial charge in [0, 0.05) is 18.6 Å². The Morgan fingerprint density at radius 1 is 1.09 bits per heavy atom. The molecular weight excluding hydrogens is 475 g/mol. The first-order valence-electron chi connectivity index (χ1n) is 9.84. The fraction of sp³-hybridized carbons (Fsp3) is 0.130. The molecule has 0 amide bonds. The zero-order valence-corrected chi connectivity index (χ0v) is 18.3. The largest absolute Gasteiger partial charge is 0.573 e. The maximum atomic E-state index is 12.5. The van der Waals surface area contributed by atoms with Crippen molar-refractivity contribution in [1.82, 2.24) is 9.55 Å². The van der Waals surface area contributed by atoms with Gasteiger partial charge in [-0.1, -0.05) is 23.7 Å². The molecule has 4 rings (SSSR count). The molecule has 2 aromatic carbocycles. The first-order valence-corrected chi connectivity index (χ1v) is 10.2. The summed E-state index contributed by atoms with van der Waals surface area (Å²) in [6.07, 6.45) is -1.50. The summed E-state index contributed by atoms with van der Waals surface area (Å²) in [5.74, 6) is -0.668. The number of rotatable bonds is 7. The lowest BCUT2D eigenvalue weighted by Gasteiger charge is -2.24. The predicted molar refractivity (Wildman–Crippen MR) is 119 cm³/mol. The Balaban J connectivity index is 1.69. The number of carboxylic acids is 1. The van der Waals surface area contributed by atoms with Gasteiger partial charge in [-0.15, -0.1) is 13.2 Å². The van der Waals surface area contributed by atoms with Crippen LogP contribution in [-0.2, 0) is 13.6 Å². The molecule has 0 aliphatic carbocycles. The molecule has 0 aliphatic heterocycles. The molecule has 2 heterocycles. The average Bonchev–Trinajstić information content (AvgIpc) is 3.17. The minimum absolute atomic E-state index is 0.0919. The minimum atomic E-state index is -4.79. The van der Waals surface area contributed by atoms with Crippen molar-refractivity contribution < 1.29 is 32.6 Å². The van der Waals surface area contributed by atoms with E-state index in [1.807, 2.05) is 23.9 Å². The number of hydrogen-bond donors (Lipinski definition) is 1. The molecule has 1 N–H and O–H groups in total. The highest BCUT2D eigenvalue weighted by Crippen LogP contribution is 2.32. The quantitative estimate of drug-likeness (QED) is 0.328. The lowest BCUT2D eigenvalue weighted by Crippen LogP contribution is -2.28. The number of nitrogens with zero attached hydrogens (tertiary/aromatic N) is 3. The first kappa shape index (κ1) is 23.2. The molecule has 11 heteroatoms. The SMILES string of the molecule is Cn1ccc2c(N(Cc3ccc(OC(F)(F)F)cc3)Oc3ccc(C(=O)O)cc3)ncc(Cl)c21. The van der Waals surface area contributed by atoms with Gasteiger partial charge in [-0.3, -0.25) is 0 Å². The lowest BCUT2D eigenvalue weighted by molar-refractivity contribution is -0.274. The van der Waals surface area contributed by atoms with Gasteiger partial charge in [0.25, 0.3) is 0 Å². The van der Waals surface area contributed by atoms with Gasteiger partial charge in [0.05, 0.1) is 28.8 Å². The predicted octanol–water partition coefficient (Wildman–Crippen LogP) is 5.82. The molecule has 0 spiro atoms. The first-order chi connectivity index (χ1) is 16.1. The number of benzene rings is 2. The Labute approximate surface area is 196 Å². The van der Waals surface area contributed by atoms with Gasteiger partial charge in [-0.2, -0.15) is 5.06 Å². The molecule has 34 heavy (non-hydrogen) atoms. The highest BCUT2D eigenvalue weighted by Gasteiger charge is 2.31. The number of halogens is 4. The summed E-state index contributed by atoms with van der Waals surface area (Å²) in [7, 11) is 1.83. The van der Waals surface area contributed by atoms with Crippen LogP contribution in [0.15, 0.2) is 67.0 Å². The monoisotopic (exact) mass is 491 g/mol. The third-order valence-electron chi connectivity index (χ3n) is 4.88. The topological polar surface area (TPSA) is 76.8 Å². The van der Waals surface area contributed by atoms with Crippen LogP contribution in [0.1, 0.15) is 15.9 Å². The number of carboxylic acid groups (broad SMARTS) is 1. The molecule has 0 saturated heterocycles. The molecule has 0 saturated carbocycles. The fourth-order valence-electron chi connectivity index (χ4n) is 3.35. The zero-order valence-electron chi connectivity index (χ0n) is 17.6.